The molecule has 1 N–H and O–H groups in total. The van der Waals surface area contributed by atoms with Crippen LogP contribution < -0.4 is 14.8 Å². The van der Waals surface area contributed by atoms with E-state index >= 15 is 0 Å². The number of ether oxygens (including phenoxy) is 3. The van der Waals surface area contributed by atoms with Gasteiger partial charge in [0.2, 0.25) is 0 Å². The minimum absolute atomic E-state index is 0.155. The molecule has 0 radical (unpaired) electrons. The van der Waals surface area contributed by atoms with E-state index in [-0.39, 0.29) is 6.10 Å². The zero-order valence-corrected chi connectivity index (χ0v) is 15.3. The molecule has 8 heteroatoms. The minimum Gasteiger partial charge on any atom is -0.486 e. The smallest absolute Gasteiger partial charge is 0.163 e. The Hall–Kier alpha value is -2.28. The molecular weight excluding hydrogens is 377 g/mol. The number of benzene rings is 2. The van der Waals surface area contributed by atoms with Crippen LogP contribution in [0, 0.1) is 0 Å². The molecule has 0 bridgehead atoms. The average molecular weight is 392 g/mol. The molecule has 0 fully saturated rings. The van der Waals surface area contributed by atoms with Crippen LogP contribution in [0.1, 0.15) is 0 Å². The Bertz CT molecular complexity index is 948. The Morgan fingerprint density at radius 2 is 1.92 bits per heavy atom. The number of anilines is 2. The van der Waals surface area contributed by atoms with Crippen molar-refractivity contribution in [1.82, 2.24) is 9.97 Å². The lowest BCUT2D eigenvalue weighted by Gasteiger charge is -2.26. The second-order valence-electron chi connectivity index (χ2n) is 5.83. The zero-order valence-electron chi connectivity index (χ0n) is 13.8. The highest BCUT2D eigenvalue weighted by Crippen LogP contribution is 2.37. The van der Waals surface area contributed by atoms with Gasteiger partial charge in [0.15, 0.2) is 17.6 Å². The van der Waals surface area contributed by atoms with Gasteiger partial charge in [-0.2, -0.15) is 0 Å². The first-order chi connectivity index (χ1) is 12.6. The van der Waals surface area contributed by atoms with E-state index in [1.165, 1.54) is 6.33 Å². The van der Waals surface area contributed by atoms with E-state index < -0.39 is 0 Å². The number of aromatic nitrogens is 2. The third kappa shape index (κ3) is 3.49. The normalized spacial score (nSPS) is 15.9. The van der Waals surface area contributed by atoms with E-state index in [1.54, 1.807) is 25.3 Å². The van der Waals surface area contributed by atoms with Gasteiger partial charge in [0.25, 0.3) is 0 Å². The summed E-state index contributed by atoms with van der Waals surface area (Å²) in [6.45, 7) is 0.887. The number of methoxy groups -OCH3 is 1. The van der Waals surface area contributed by atoms with E-state index in [9.17, 15) is 0 Å². The molecule has 134 valence electrons. The van der Waals surface area contributed by atoms with Gasteiger partial charge in [0.05, 0.1) is 12.1 Å². The van der Waals surface area contributed by atoms with E-state index in [0.717, 1.165) is 16.6 Å². The quantitative estimate of drug-likeness (QED) is 0.707. The standard InChI is InChI=1S/C18H15Cl2N3O3/c1-24-7-13-8-25-16-6-15-14(5-17(16)26-13)18(22-9-21-15)23-12-3-10(19)2-11(20)4-12/h2-6,9,13H,7-8H2,1H3,(H,21,22,23). The SMILES string of the molecule is COCC1COc2cc3ncnc(Nc4cc(Cl)cc(Cl)c4)c3cc2O1. The fourth-order valence-electron chi connectivity index (χ4n) is 2.80. The lowest BCUT2D eigenvalue weighted by Crippen LogP contribution is -2.32. The van der Waals surface area contributed by atoms with Crippen LogP contribution in [0.5, 0.6) is 11.5 Å². The summed E-state index contributed by atoms with van der Waals surface area (Å²) in [4.78, 5) is 8.65. The Morgan fingerprint density at radius 3 is 2.69 bits per heavy atom. The van der Waals surface area contributed by atoms with Gasteiger partial charge in [-0.25, -0.2) is 9.97 Å². The van der Waals surface area contributed by atoms with Crippen molar-refractivity contribution in [2.75, 3.05) is 25.6 Å². The molecular formula is C18H15Cl2N3O3. The summed E-state index contributed by atoms with van der Waals surface area (Å²) >= 11 is 12.1. The average Bonchev–Trinajstić information content (AvgIpc) is 2.60. The summed E-state index contributed by atoms with van der Waals surface area (Å²) in [5, 5.41) is 5.10. The molecule has 2 heterocycles. The largest absolute Gasteiger partial charge is 0.486 e. The fraction of sp³-hybridized carbons (Fsp3) is 0.222. The van der Waals surface area contributed by atoms with Gasteiger partial charge in [-0.3, -0.25) is 0 Å². The van der Waals surface area contributed by atoms with Gasteiger partial charge < -0.3 is 19.5 Å². The Balaban J connectivity index is 1.72. The first-order valence-corrected chi connectivity index (χ1v) is 8.68. The van der Waals surface area contributed by atoms with Crippen molar-refractivity contribution in [3.8, 4) is 11.5 Å². The molecule has 0 saturated carbocycles. The number of nitrogens with zero attached hydrogens (tertiary/aromatic N) is 2. The maximum Gasteiger partial charge on any atom is 0.163 e. The van der Waals surface area contributed by atoms with E-state index in [2.05, 4.69) is 15.3 Å². The molecule has 4 rings (SSSR count). The molecule has 1 aromatic heterocycles. The van der Waals surface area contributed by atoms with Gasteiger partial charge in [0.1, 0.15) is 18.8 Å². The number of hydrogen-bond acceptors (Lipinski definition) is 6. The molecule has 1 aliphatic heterocycles. The number of hydrogen-bond donors (Lipinski definition) is 1. The summed E-state index contributed by atoms with van der Waals surface area (Å²) in [6.07, 6.45) is 1.33. The molecule has 0 spiro atoms. The monoisotopic (exact) mass is 391 g/mol. The molecule has 2 aromatic carbocycles. The van der Waals surface area contributed by atoms with Crippen LogP contribution >= 0.6 is 23.2 Å². The molecule has 0 saturated heterocycles. The molecule has 0 aliphatic carbocycles. The summed E-state index contributed by atoms with van der Waals surface area (Å²) in [5.74, 6) is 1.90. The van der Waals surface area contributed by atoms with Crippen molar-refractivity contribution >= 4 is 45.6 Å². The molecule has 1 unspecified atom stereocenters. The molecule has 1 atom stereocenters. The van der Waals surface area contributed by atoms with E-state index in [0.29, 0.717) is 40.6 Å². The lowest BCUT2D eigenvalue weighted by molar-refractivity contribution is 0.0274. The molecule has 6 nitrogen and oxygen atoms in total. The van der Waals surface area contributed by atoms with Gasteiger partial charge >= 0.3 is 0 Å². The van der Waals surface area contributed by atoms with Crippen molar-refractivity contribution in [2.24, 2.45) is 0 Å². The first-order valence-electron chi connectivity index (χ1n) is 7.92. The third-order valence-corrected chi connectivity index (χ3v) is 4.33. The van der Waals surface area contributed by atoms with Gasteiger partial charge in [-0.1, -0.05) is 23.2 Å². The Labute approximate surface area is 160 Å². The second-order valence-corrected chi connectivity index (χ2v) is 6.70. The van der Waals surface area contributed by atoms with Crippen molar-refractivity contribution in [1.29, 1.82) is 0 Å². The first kappa shape index (κ1) is 17.1. The molecule has 1 aliphatic rings. The highest BCUT2D eigenvalue weighted by Gasteiger charge is 2.22. The van der Waals surface area contributed by atoms with Crippen LogP contribution in [-0.4, -0.2) is 36.4 Å². The van der Waals surface area contributed by atoms with E-state index in [4.69, 9.17) is 37.4 Å². The van der Waals surface area contributed by atoms with Crippen LogP contribution in [0.15, 0.2) is 36.7 Å². The maximum atomic E-state index is 6.07. The Kier molecular flexibility index (Phi) is 4.72. The molecule has 3 aromatic rings. The zero-order chi connectivity index (χ0) is 18.1. The van der Waals surface area contributed by atoms with Gasteiger partial charge in [-0.15, -0.1) is 0 Å². The van der Waals surface area contributed by atoms with Gasteiger partial charge in [-0.05, 0) is 24.3 Å². The molecule has 26 heavy (non-hydrogen) atoms. The fourth-order valence-corrected chi connectivity index (χ4v) is 3.32. The highest BCUT2D eigenvalue weighted by atomic mass is 35.5. The third-order valence-electron chi connectivity index (χ3n) is 3.90. The van der Waals surface area contributed by atoms with Crippen LogP contribution in [0.2, 0.25) is 10.0 Å². The summed E-state index contributed by atoms with van der Waals surface area (Å²) in [6, 6.07) is 8.92. The van der Waals surface area contributed by atoms with Crippen LogP contribution in [-0.2, 0) is 4.74 Å². The summed E-state index contributed by atoms with van der Waals surface area (Å²) < 4.78 is 16.9. The summed E-state index contributed by atoms with van der Waals surface area (Å²) in [5.41, 5.74) is 1.47. The van der Waals surface area contributed by atoms with Crippen molar-refractivity contribution < 1.29 is 14.2 Å². The van der Waals surface area contributed by atoms with Crippen LogP contribution in [0.4, 0.5) is 11.5 Å². The van der Waals surface area contributed by atoms with Crippen molar-refractivity contribution in [2.45, 2.75) is 6.10 Å². The van der Waals surface area contributed by atoms with E-state index in [1.807, 2.05) is 12.1 Å². The predicted octanol–water partition coefficient (Wildman–Crippen LogP) is 4.47. The minimum atomic E-state index is -0.155. The van der Waals surface area contributed by atoms with Crippen LogP contribution in [0.3, 0.4) is 0 Å². The van der Waals surface area contributed by atoms with Crippen LogP contribution in [0.25, 0.3) is 10.9 Å². The lowest BCUT2D eigenvalue weighted by atomic mass is 10.2. The topological polar surface area (TPSA) is 65.5 Å². The predicted molar refractivity (Wildman–Crippen MR) is 101 cm³/mol. The number of halogens is 2. The van der Waals surface area contributed by atoms with Crippen molar-refractivity contribution in [3.63, 3.8) is 0 Å². The number of rotatable bonds is 4. The van der Waals surface area contributed by atoms with Gasteiger partial charge in [0, 0.05) is 34.3 Å². The summed E-state index contributed by atoms with van der Waals surface area (Å²) in [7, 11) is 1.63. The number of nitrogens with one attached hydrogen (secondary N) is 1. The highest BCUT2D eigenvalue weighted by molar-refractivity contribution is 6.35. The van der Waals surface area contributed by atoms with Crippen molar-refractivity contribution in [3.05, 3.63) is 46.7 Å². The second kappa shape index (κ2) is 7.15. The maximum absolute atomic E-state index is 6.07. The number of fused-ring (bicyclic) bond motifs is 2. The molecule has 0 amide bonds. The Morgan fingerprint density at radius 1 is 1.12 bits per heavy atom.